The third kappa shape index (κ3) is 2.18. The summed E-state index contributed by atoms with van der Waals surface area (Å²) < 4.78 is 0. The maximum atomic E-state index is 12.4. The van der Waals surface area contributed by atoms with Crippen molar-refractivity contribution in [3.8, 4) is 0 Å². The van der Waals surface area contributed by atoms with Gasteiger partial charge in [-0.05, 0) is 50.2 Å². The smallest absolute Gasteiger partial charge is 0.185 e. The van der Waals surface area contributed by atoms with Crippen molar-refractivity contribution in [1.82, 2.24) is 0 Å². The van der Waals surface area contributed by atoms with Crippen LogP contribution in [0.5, 0.6) is 0 Å². The van der Waals surface area contributed by atoms with Crippen molar-refractivity contribution < 1.29 is 4.79 Å². The molecule has 88 valence electrons. The summed E-state index contributed by atoms with van der Waals surface area (Å²) >= 11 is 0. The summed E-state index contributed by atoms with van der Waals surface area (Å²) in [7, 11) is 0. The Labute approximate surface area is 98.9 Å². The van der Waals surface area contributed by atoms with E-state index in [4.69, 9.17) is 0 Å². The molecule has 0 saturated carbocycles. The van der Waals surface area contributed by atoms with Gasteiger partial charge in [-0.1, -0.05) is 32.1 Å². The summed E-state index contributed by atoms with van der Waals surface area (Å²) in [5.41, 5.74) is 3.00. The molecule has 1 nitrogen and oxygen atoms in total. The lowest BCUT2D eigenvalue weighted by atomic mass is 9.70. The van der Waals surface area contributed by atoms with Gasteiger partial charge in [-0.15, -0.1) is 0 Å². The van der Waals surface area contributed by atoms with Crippen LogP contribution >= 0.6 is 0 Å². The van der Waals surface area contributed by atoms with E-state index >= 15 is 0 Å². The highest BCUT2D eigenvalue weighted by Crippen LogP contribution is 2.41. The minimum Gasteiger partial charge on any atom is -0.289 e. The van der Waals surface area contributed by atoms with Crippen molar-refractivity contribution in [2.24, 2.45) is 5.41 Å². The van der Waals surface area contributed by atoms with Crippen molar-refractivity contribution in [3.63, 3.8) is 0 Å². The second kappa shape index (κ2) is 4.82. The van der Waals surface area contributed by atoms with E-state index in [0.717, 1.165) is 29.6 Å². The number of rotatable bonds is 3. The van der Waals surface area contributed by atoms with Crippen LogP contribution in [-0.2, 0) is 4.79 Å². The molecular formula is C15H22O. The van der Waals surface area contributed by atoms with Gasteiger partial charge in [-0.3, -0.25) is 4.79 Å². The van der Waals surface area contributed by atoms with Gasteiger partial charge in [0.05, 0.1) is 0 Å². The van der Waals surface area contributed by atoms with Crippen molar-refractivity contribution >= 4 is 5.78 Å². The minimum atomic E-state index is 0.0141. The molecule has 1 heteroatoms. The van der Waals surface area contributed by atoms with E-state index in [0.29, 0.717) is 0 Å². The Morgan fingerprint density at radius 2 is 2.19 bits per heavy atom. The maximum absolute atomic E-state index is 12.4. The normalized spacial score (nSPS) is 26.2. The highest BCUT2D eigenvalue weighted by molar-refractivity contribution is 6.09. The molecule has 0 radical (unpaired) electrons. The molecule has 0 aromatic carbocycles. The lowest BCUT2D eigenvalue weighted by Gasteiger charge is -2.33. The molecule has 0 saturated heterocycles. The van der Waals surface area contributed by atoms with Gasteiger partial charge in [0.15, 0.2) is 5.78 Å². The molecule has 1 aliphatic carbocycles. The van der Waals surface area contributed by atoms with Gasteiger partial charge in [-0.25, -0.2) is 0 Å². The lowest BCUT2D eigenvalue weighted by molar-refractivity contribution is -0.113. The van der Waals surface area contributed by atoms with E-state index in [-0.39, 0.29) is 11.2 Å². The molecule has 1 rings (SSSR count). The molecule has 0 N–H and O–H groups in total. The zero-order valence-corrected chi connectivity index (χ0v) is 11.1. The van der Waals surface area contributed by atoms with Gasteiger partial charge in [0.1, 0.15) is 0 Å². The van der Waals surface area contributed by atoms with Crippen LogP contribution in [0, 0.1) is 5.41 Å². The highest BCUT2D eigenvalue weighted by Gasteiger charge is 2.33. The summed E-state index contributed by atoms with van der Waals surface area (Å²) in [5.74, 6) is 0.216. The Morgan fingerprint density at radius 1 is 1.56 bits per heavy atom. The zero-order valence-electron chi connectivity index (χ0n) is 11.1. The average molecular weight is 218 g/mol. The molecule has 1 aliphatic rings. The van der Waals surface area contributed by atoms with Gasteiger partial charge < -0.3 is 0 Å². The molecular weight excluding hydrogens is 196 g/mol. The topological polar surface area (TPSA) is 17.1 Å². The number of ketones is 1. The molecule has 0 aromatic rings. The van der Waals surface area contributed by atoms with E-state index in [2.05, 4.69) is 26.0 Å². The number of Topliss-reactive ketones (excluding diaryl/α,β-unsaturated/α-hetero) is 1. The quantitative estimate of drug-likeness (QED) is 0.648. The van der Waals surface area contributed by atoms with Crippen molar-refractivity contribution in [1.29, 1.82) is 0 Å². The molecule has 0 fully saturated rings. The van der Waals surface area contributed by atoms with Crippen LogP contribution in [0.1, 0.15) is 47.5 Å². The lowest BCUT2D eigenvalue weighted by Crippen LogP contribution is -2.27. The Hall–Kier alpha value is -1.11. The Balaban J connectivity index is 3.25. The van der Waals surface area contributed by atoms with E-state index in [9.17, 15) is 4.79 Å². The molecule has 0 heterocycles. The van der Waals surface area contributed by atoms with Gasteiger partial charge in [0, 0.05) is 5.57 Å². The predicted octanol–water partition coefficient (Wildman–Crippen LogP) is 4.21. The highest BCUT2D eigenvalue weighted by atomic mass is 16.1. The molecule has 1 unspecified atom stereocenters. The van der Waals surface area contributed by atoms with Crippen molar-refractivity contribution in [2.75, 3.05) is 0 Å². The van der Waals surface area contributed by atoms with E-state index in [1.807, 2.05) is 26.8 Å². The molecule has 1 atom stereocenters. The monoisotopic (exact) mass is 218 g/mol. The number of carbonyl (C=O) groups is 1. The van der Waals surface area contributed by atoms with Crippen molar-refractivity contribution in [3.05, 3.63) is 34.9 Å². The van der Waals surface area contributed by atoms with E-state index in [1.165, 1.54) is 0 Å². The van der Waals surface area contributed by atoms with Crippen LogP contribution in [-0.4, -0.2) is 5.78 Å². The number of hydrogen-bond donors (Lipinski definition) is 0. The van der Waals surface area contributed by atoms with Crippen LogP contribution in [0.4, 0.5) is 0 Å². The fourth-order valence-electron chi connectivity index (χ4n) is 2.26. The number of allylic oxidation sites excluding steroid dienone is 6. The Kier molecular flexibility index (Phi) is 3.90. The first-order valence-corrected chi connectivity index (χ1v) is 6.01. The van der Waals surface area contributed by atoms with Crippen LogP contribution in [0.2, 0.25) is 0 Å². The summed E-state index contributed by atoms with van der Waals surface area (Å²) in [5, 5.41) is 0. The molecule has 0 spiro atoms. The summed E-state index contributed by atoms with van der Waals surface area (Å²) in [6.07, 6.45) is 8.14. The third-order valence-corrected chi connectivity index (χ3v) is 3.73. The average Bonchev–Trinajstić information content (AvgIpc) is 2.27. The van der Waals surface area contributed by atoms with Gasteiger partial charge >= 0.3 is 0 Å². The van der Waals surface area contributed by atoms with Crippen LogP contribution in [0.15, 0.2) is 34.9 Å². The first kappa shape index (κ1) is 13.0. The standard InChI is InChI=1S/C15H22O/c1-6-11(3)14(16)13-12(4)9-8-10-15(13,5)7-2/h6,8-9H,7,10H2,1-5H3/b11-6+. The van der Waals surface area contributed by atoms with E-state index in [1.54, 1.807) is 0 Å². The van der Waals surface area contributed by atoms with Crippen LogP contribution in [0.3, 0.4) is 0 Å². The predicted molar refractivity (Wildman–Crippen MR) is 69.3 cm³/mol. The van der Waals surface area contributed by atoms with Gasteiger partial charge in [-0.2, -0.15) is 0 Å². The molecule has 0 bridgehead atoms. The Morgan fingerprint density at radius 3 is 2.69 bits per heavy atom. The third-order valence-electron chi connectivity index (χ3n) is 3.73. The first-order chi connectivity index (χ1) is 7.46. The zero-order chi connectivity index (χ0) is 12.3. The van der Waals surface area contributed by atoms with Crippen LogP contribution in [0.25, 0.3) is 0 Å². The van der Waals surface area contributed by atoms with Gasteiger partial charge in [0.25, 0.3) is 0 Å². The molecule has 0 aliphatic heterocycles. The molecule has 0 amide bonds. The first-order valence-electron chi connectivity index (χ1n) is 6.01. The van der Waals surface area contributed by atoms with Crippen molar-refractivity contribution in [2.45, 2.75) is 47.5 Å². The van der Waals surface area contributed by atoms with E-state index < -0.39 is 0 Å². The number of hydrogen-bond acceptors (Lipinski definition) is 1. The molecule has 0 aromatic heterocycles. The van der Waals surface area contributed by atoms with Gasteiger partial charge in [0.2, 0.25) is 0 Å². The second-order valence-corrected chi connectivity index (χ2v) is 4.88. The largest absolute Gasteiger partial charge is 0.289 e. The number of carbonyl (C=O) groups excluding carboxylic acids is 1. The van der Waals surface area contributed by atoms with Crippen LogP contribution < -0.4 is 0 Å². The summed E-state index contributed by atoms with van der Waals surface area (Å²) in [6, 6.07) is 0. The fraction of sp³-hybridized carbons (Fsp3) is 0.533. The summed E-state index contributed by atoms with van der Waals surface area (Å²) in [4.78, 5) is 12.4. The Bertz CT molecular complexity index is 382. The fourth-order valence-corrected chi connectivity index (χ4v) is 2.26. The maximum Gasteiger partial charge on any atom is 0.185 e. The second-order valence-electron chi connectivity index (χ2n) is 4.88. The summed E-state index contributed by atoms with van der Waals surface area (Å²) in [6.45, 7) is 10.2. The minimum absolute atomic E-state index is 0.0141. The molecule has 16 heavy (non-hydrogen) atoms. The SMILES string of the molecule is C/C=C(\C)C(=O)C1=C(C)C=CCC1(C)CC.